The molecule has 2 aromatic rings. The third-order valence-corrected chi connectivity index (χ3v) is 3.82. The minimum atomic E-state index is -0.418. The number of halogens is 1. The summed E-state index contributed by atoms with van der Waals surface area (Å²) >= 11 is 5.92. The summed E-state index contributed by atoms with van der Waals surface area (Å²) < 4.78 is 6.55. The highest BCUT2D eigenvalue weighted by Crippen LogP contribution is 2.42. The van der Waals surface area contributed by atoms with Gasteiger partial charge in [0.05, 0.1) is 12.6 Å². The van der Waals surface area contributed by atoms with Gasteiger partial charge in [-0.2, -0.15) is 0 Å². The van der Waals surface area contributed by atoms with Gasteiger partial charge in [-0.1, -0.05) is 23.7 Å². The minimum Gasteiger partial charge on any atom is -0.383 e. The van der Waals surface area contributed by atoms with Crippen LogP contribution < -0.4 is 0 Å². The van der Waals surface area contributed by atoms with Crippen LogP contribution in [0.25, 0.3) is 0 Å². The Morgan fingerprint density at radius 2 is 2.05 bits per heavy atom. The van der Waals surface area contributed by atoms with Crippen LogP contribution in [0.2, 0.25) is 5.02 Å². The largest absolute Gasteiger partial charge is 0.383 e. The van der Waals surface area contributed by atoms with Crippen LogP contribution in [-0.2, 0) is 9.53 Å². The van der Waals surface area contributed by atoms with Crippen molar-refractivity contribution in [1.82, 2.24) is 25.1 Å². The van der Waals surface area contributed by atoms with E-state index in [4.69, 9.17) is 16.3 Å². The number of rotatable bonds is 5. The molecule has 7 nitrogen and oxygen atoms in total. The first kappa shape index (κ1) is 14.0. The molecule has 1 aromatic carbocycles. The average Bonchev–Trinajstić information content (AvgIpc) is 3.00. The Labute approximate surface area is 126 Å². The van der Waals surface area contributed by atoms with Gasteiger partial charge in [-0.05, 0) is 28.1 Å². The molecule has 0 bridgehead atoms. The summed E-state index contributed by atoms with van der Waals surface area (Å²) in [5.74, 6) is -0.0145. The number of ether oxygens (including phenoxy) is 1. The molecule has 0 unspecified atom stereocenters. The number of tetrazole rings is 1. The minimum absolute atomic E-state index is 0.0145. The van der Waals surface area contributed by atoms with Crippen LogP contribution in [0.5, 0.6) is 0 Å². The number of benzene rings is 1. The highest BCUT2D eigenvalue weighted by Gasteiger charge is 2.49. The highest BCUT2D eigenvalue weighted by atomic mass is 35.5. The van der Waals surface area contributed by atoms with Gasteiger partial charge >= 0.3 is 0 Å². The van der Waals surface area contributed by atoms with E-state index in [9.17, 15) is 4.79 Å². The Morgan fingerprint density at radius 1 is 1.29 bits per heavy atom. The van der Waals surface area contributed by atoms with E-state index < -0.39 is 6.04 Å². The van der Waals surface area contributed by atoms with E-state index in [0.29, 0.717) is 18.2 Å². The smallest absolute Gasteiger partial charge is 0.250 e. The van der Waals surface area contributed by atoms with E-state index >= 15 is 0 Å². The van der Waals surface area contributed by atoms with E-state index in [-0.39, 0.29) is 11.9 Å². The molecule has 1 aromatic heterocycles. The van der Waals surface area contributed by atoms with Gasteiger partial charge < -0.3 is 9.64 Å². The Morgan fingerprint density at radius 3 is 2.67 bits per heavy atom. The predicted octanol–water partition coefficient (Wildman–Crippen LogP) is 1.10. The van der Waals surface area contributed by atoms with Crippen LogP contribution in [0.1, 0.15) is 17.6 Å². The zero-order valence-electron chi connectivity index (χ0n) is 11.4. The first-order valence-electron chi connectivity index (χ1n) is 6.49. The topological polar surface area (TPSA) is 73.1 Å². The summed E-state index contributed by atoms with van der Waals surface area (Å²) in [5, 5.41) is 11.7. The van der Waals surface area contributed by atoms with Crippen molar-refractivity contribution in [2.24, 2.45) is 0 Å². The van der Waals surface area contributed by atoms with Gasteiger partial charge in [-0.25, -0.2) is 4.68 Å². The number of amides is 1. The monoisotopic (exact) mass is 307 g/mol. The van der Waals surface area contributed by atoms with Crippen LogP contribution in [0.15, 0.2) is 30.6 Å². The van der Waals surface area contributed by atoms with Crippen molar-refractivity contribution in [1.29, 1.82) is 0 Å². The molecule has 8 heteroatoms. The zero-order valence-corrected chi connectivity index (χ0v) is 12.1. The van der Waals surface area contributed by atoms with Crippen molar-refractivity contribution in [2.75, 3.05) is 20.3 Å². The van der Waals surface area contributed by atoms with Gasteiger partial charge in [0.1, 0.15) is 6.33 Å². The van der Waals surface area contributed by atoms with Gasteiger partial charge in [0, 0.05) is 18.7 Å². The third-order valence-electron chi connectivity index (χ3n) is 3.57. The second-order valence-electron chi connectivity index (χ2n) is 4.76. The quantitative estimate of drug-likeness (QED) is 0.773. The number of likely N-dealkylation sites (tertiary alicyclic amines) is 1. The number of β-lactam (4-membered cyclic amide) rings is 1. The highest BCUT2D eigenvalue weighted by molar-refractivity contribution is 6.30. The van der Waals surface area contributed by atoms with Gasteiger partial charge in [0.2, 0.25) is 0 Å². The Bertz CT molecular complexity index is 616. The lowest BCUT2D eigenvalue weighted by molar-refractivity contribution is -0.157. The van der Waals surface area contributed by atoms with E-state index in [2.05, 4.69) is 15.5 Å². The van der Waals surface area contributed by atoms with Gasteiger partial charge in [-0.15, -0.1) is 5.10 Å². The molecule has 0 spiro atoms. The van der Waals surface area contributed by atoms with Gasteiger partial charge in [0.25, 0.3) is 5.91 Å². The molecule has 3 rings (SSSR count). The summed E-state index contributed by atoms with van der Waals surface area (Å²) in [7, 11) is 1.61. The summed E-state index contributed by atoms with van der Waals surface area (Å²) in [4.78, 5) is 14.1. The summed E-state index contributed by atoms with van der Waals surface area (Å²) in [5.41, 5.74) is 0.996. The number of carbonyl (C=O) groups is 1. The van der Waals surface area contributed by atoms with E-state index in [1.807, 2.05) is 24.3 Å². The maximum Gasteiger partial charge on any atom is 0.250 e. The van der Waals surface area contributed by atoms with Crippen molar-refractivity contribution in [3.63, 3.8) is 0 Å². The van der Waals surface area contributed by atoms with Gasteiger partial charge in [-0.3, -0.25) is 4.79 Å². The van der Waals surface area contributed by atoms with E-state index in [1.54, 1.807) is 12.0 Å². The number of hydrogen-bond acceptors (Lipinski definition) is 5. The second kappa shape index (κ2) is 5.79. The third kappa shape index (κ3) is 2.50. The number of carbonyl (C=O) groups excluding carboxylic acids is 1. The van der Waals surface area contributed by atoms with Crippen LogP contribution in [0.4, 0.5) is 0 Å². The molecule has 0 saturated carbocycles. The SMILES string of the molecule is COCCN1C(=O)[C@H](n2cnnn2)[C@H]1c1ccc(Cl)cc1. The molecule has 110 valence electrons. The van der Waals surface area contributed by atoms with Crippen molar-refractivity contribution >= 4 is 17.5 Å². The van der Waals surface area contributed by atoms with Crippen molar-refractivity contribution in [3.05, 3.63) is 41.2 Å². The number of nitrogens with zero attached hydrogens (tertiary/aromatic N) is 5. The number of methoxy groups -OCH3 is 1. The molecular formula is C13H14ClN5O2. The maximum atomic E-state index is 12.3. The Balaban J connectivity index is 1.90. The lowest BCUT2D eigenvalue weighted by Crippen LogP contribution is -2.56. The van der Waals surface area contributed by atoms with Crippen LogP contribution in [-0.4, -0.2) is 51.3 Å². The Kier molecular flexibility index (Phi) is 3.85. The standard InChI is InChI=1S/C13H14ClN5O2/c1-21-7-6-18-11(9-2-4-10(14)5-3-9)12(13(18)20)19-8-15-16-17-19/h2-5,8,11-12H,6-7H2,1H3/t11-,12-/m1/s1. The molecule has 2 heterocycles. The fourth-order valence-electron chi connectivity index (χ4n) is 2.55. The van der Waals surface area contributed by atoms with E-state index in [1.165, 1.54) is 11.0 Å². The molecule has 1 aliphatic rings. The lowest BCUT2D eigenvalue weighted by atomic mass is 9.88. The molecule has 0 aliphatic carbocycles. The molecule has 1 fully saturated rings. The summed E-state index contributed by atoms with van der Waals surface area (Å²) in [6.45, 7) is 1.01. The predicted molar refractivity (Wildman–Crippen MR) is 74.6 cm³/mol. The van der Waals surface area contributed by atoms with Crippen molar-refractivity contribution in [3.8, 4) is 0 Å². The van der Waals surface area contributed by atoms with Gasteiger partial charge in [0.15, 0.2) is 6.04 Å². The fourth-order valence-corrected chi connectivity index (χ4v) is 2.67. The zero-order chi connectivity index (χ0) is 14.8. The van der Waals surface area contributed by atoms with Crippen LogP contribution in [0.3, 0.4) is 0 Å². The maximum absolute atomic E-state index is 12.3. The first-order valence-corrected chi connectivity index (χ1v) is 6.87. The van der Waals surface area contributed by atoms with Crippen LogP contribution in [0, 0.1) is 0 Å². The lowest BCUT2D eigenvalue weighted by Gasteiger charge is -2.46. The summed E-state index contributed by atoms with van der Waals surface area (Å²) in [6.07, 6.45) is 1.46. The van der Waals surface area contributed by atoms with E-state index in [0.717, 1.165) is 5.56 Å². The molecule has 1 amide bonds. The second-order valence-corrected chi connectivity index (χ2v) is 5.19. The average molecular weight is 308 g/mol. The fraction of sp³-hybridized carbons (Fsp3) is 0.385. The summed E-state index contributed by atoms with van der Waals surface area (Å²) in [6, 6.07) is 6.91. The van der Waals surface area contributed by atoms with Crippen molar-refractivity contribution < 1.29 is 9.53 Å². The Hall–Kier alpha value is -1.99. The molecule has 1 aliphatic heterocycles. The molecule has 21 heavy (non-hydrogen) atoms. The first-order chi connectivity index (χ1) is 10.2. The van der Waals surface area contributed by atoms with Crippen LogP contribution >= 0.6 is 11.6 Å². The molecule has 2 atom stereocenters. The molecular weight excluding hydrogens is 294 g/mol. The normalized spacial score (nSPS) is 21.4. The van der Waals surface area contributed by atoms with Crippen molar-refractivity contribution in [2.45, 2.75) is 12.1 Å². The number of aromatic nitrogens is 4. The molecule has 0 radical (unpaired) electrons. The molecule has 0 N–H and O–H groups in total. The molecule has 1 saturated heterocycles. The number of hydrogen-bond donors (Lipinski definition) is 0.